The number of carbonyl (C=O) groups is 2. The highest BCUT2D eigenvalue weighted by Gasteiger charge is 2.11. The van der Waals surface area contributed by atoms with Crippen molar-refractivity contribution in [3.05, 3.63) is 72.8 Å². The Kier molecular flexibility index (Phi) is 15.3. The molecule has 2 N–H and O–H groups in total. The van der Waals surface area contributed by atoms with Gasteiger partial charge in [0, 0.05) is 66.7 Å². The lowest BCUT2D eigenvalue weighted by molar-refractivity contribution is -0.109. The van der Waals surface area contributed by atoms with Crippen molar-refractivity contribution >= 4 is 70.6 Å². The van der Waals surface area contributed by atoms with Crippen LogP contribution in [0.2, 0.25) is 0 Å². The van der Waals surface area contributed by atoms with Crippen LogP contribution in [0.5, 0.6) is 0 Å². The molecule has 0 aliphatic carbocycles. The second-order valence-corrected chi connectivity index (χ2v) is 15.1. The molecule has 0 saturated heterocycles. The topological polar surface area (TPSA) is 78.5 Å². The minimum absolute atomic E-state index is 0.0812. The van der Waals surface area contributed by atoms with Crippen LogP contribution in [0.1, 0.15) is 13.8 Å². The average molecular weight is 592 g/mol. The lowest BCUT2D eigenvalue weighted by Crippen LogP contribution is -2.17. The number of nitrogens with one attached hydrogen (secondary N) is 2. The van der Waals surface area contributed by atoms with Gasteiger partial charge < -0.3 is 20.1 Å². The number of hydrogen-bond acceptors (Lipinski definition) is 9. The maximum Gasteiger partial charge on any atom is 0.190 e. The summed E-state index contributed by atoms with van der Waals surface area (Å²) in [5, 5.41) is 6.23. The predicted octanol–water partition coefficient (Wildman–Crippen LogP) is 7.73. The maximum absolute atomic E-state index is 11.7. The van der Waals surface area contributed by atoms with Crippen molar-refractivity contribution in [2.75, 3.05) is 56.3 Å². The van der Waals surface area contributed by atoms with E-state index in [9.17, 15) is 14.2 Å². The van der Waals surface area contributed by atoms with Gasteiger partial charge in [-0.1, -0.05) is 23.5 Å². The maximum atomic E-state index is 11.7. The van der Waals surface area contributed by atoms with Crippen molar-refractivity contribution in [3.8, 4) is 0 Å². The van der Waals surface area contributed by atoms with Gasteiger partial charge in [0.2, 0.25) is 0 Å². The molecule has 0 atom stereocenters. The molecular weight excluding hydrogens is 554 g/mol. The standard InChI is InChI=1S/C12H18NO2PS.C9H11NOS.C7H9NS/c1-10(14)17-12-7-5-11(6-8-12)13(2)9-16(3,4)15;1-7(11)12-9-5-3-8(10-2)4-6-9;1-8-6-2-4-7(9)5-3-6/h5-8H,9H2,1-4H3;3-6,10H,1-2H3;2-5,8-9H,1H3. The molecule has 3 aromatic rings. The number of hydrogen-bond donors (Lipinski definition) is 3. The third-order valence-electron chi connectivity index (χ3n) is 4.65. The van der Waals surface area contributed by atoms with E-state index in [1.807, 2.05) is 98.8 Å². The van der Waals surface area contributed by atoms with E-state index in [-0.39, 0.29) is 10.2 Å². The summed E-state index contributed by atoms with van der Waals surface area (Å²) in [4.78, 5) is 26.5. The average Bonchev–Trinajstić information content (AvgIpc) is 2.84. The quantitative estimate of drug-likeness (QED) is 0.146. The Morgan fingerprint density at radius 3 is 1.47 bits per heavy atom. The van der Waals surface area contributed by atoms with Crippen LogP contribution in [0.3, 0.4) is 0 Å². The van der Waals surface area contributed by atoms with Gasteiger partial charge in [0.1, 0.15) is 7.14 Å². The van der Waals surface area contributed by atoms with Crippen LogP contribution in [0, 0.1) is 0 Å². The van der Waals surface area contributed by atoms with Gasteiger partial charge in [-0.3, -0.25) is 9.59 Å². The highest BCUT2D eigenvalue weighted by Crippen LogP contribution is 2.37. The fraction of sp³-hybridized carbons (Fsp3) is 0.286. The summed E-state index contributed by atoms with van der Waals surface area (Å²) in [6, 6.07) is 23.4. The molecule has 0 aliphatic heterocycles. The molecule has 0 aliphatic rings. The van der Waals surface area contributed by atoms with E-state index in [4.69, 9.17) is 0 Å². The van der Waals surface area contributed by atoms with E-state index in [1.54, 1.807) is 27.2 Å². The van der Waals surface area contributed by atoms with Crippen LogP contribution in [-0.2, 0) is 14.2 Å². The summed E-state index contributed by atoms with van der Waals surface area (Å²) in [6.07, 6.45) is 0.562. The SMILES string of the molecule is CC(=O)Sc1ccc(N(C)CP(C)(C)=O)cc1.CNc1ccc(S)cc1.CNc1ccc(SC(C)=O)cc1. The van der Waals surface area contributed by atoms with Gasteiger partial charge in [-0.05, 0) is 86.1 Å². The largest absolute Gasteiger partial charge is 0.388 e. The minimum Gasteiger partial charge on any atom is -0.388 e. The van der Waals surface area contributed by atoms with Gasteiger partial charge in [-0.2, -0.15) is 0 Å². The van der Waals surface area contributed by atoms with Crippen molar-refractivity contribution < 1.29 is 14.2 Å². The molecule has 3 rings (SSSR count). The van der Waals surface area contributed by atoms with Crippen LogP contribution in [0.25, 0.3) is 0 Å². The van der Waals surface area contributed by atoms with Gasteiger partial charge in [-0.15, -0.1) is 12.6 Å². The first-order chi connectivity index (χ1) is 17.8. The van der Waals surface area contributed by atoms with Crippen molar-refractivity contribution in [2.45, 2.75) is 28.5 Å². The summed E-state index contributed by atoms with van der Waals surface area (Å²) in [6.45, 7) is 6.68. The van der Waals surface area contributed by atoms with Crippen molar-refractivity contribution in [1.29, 1.82) is 0 Å². The zero-order valence-corrected chi connectivity index (χ0v) is 26.4. The number of thiol groups is 1. The van der Waals surface area contributed by atoms with Crippen LogP contribution >= 0.6 is 43.3 Å². The molecule has 0 bridgehead atoms. The number of thioether (sulfide) groups is 2. The Balaban J connectivity index is 0.000000300. The monoisotopic (exact) mass is 591 g/mol. The molecule has 0 spiro atoms. The van der Waals surface area contributed by atoms with Gasteiger partial charge in [0.25, 0.3) is 0 Å². The van der Waals surface area contributed by atoms with Crippen LogP contribution < -0.4 is 15.5 Å². The Labute approximate surface area is 241 Å². The second-order valence-electron chi connectivity index (χ2n) is 8.67. The Hall–Kier alpha value is -2.32. The highest BCUT2D eigenvalue weighted by atomic mass is 32.2. The fourth-order valence-corrected chi connectivity index (χ4v) is 5.55. The number of rotatable bonds is 7. The molecule has 0 unspecified atom stereocenters. The molecule has 3 aromatic carbocycles. The Bertz CT molecular complexity index is 1180. The first kappa shape index (κ1) is 33.7. The third kappa shape index (κ3) is 15.2. The number of carbonyl (C=O) groups excluding carboxylic acids is 2. The molecule has 0 heterocycles. The van der Waals surface area contributed by atoms with Crippen LogP contribution in [0.15, 0.2) is 87.5 Å². The highest BCUT2D eigenvalue weighted by molar-refractivity contribution is 8.13. The molecule has 0 saturated carbocycles. The summed E-state index contributed by atoms with van der Waals surface area (Å²) >= 11 is 6.61. The molecule has 0 aromatic heterocycles. The lowest BCUT2D eigenvalue weighted by Gasteiger charge is -2.21. The number of anilines is 3. The number of benzene rings is 3. The van der Waals surface area contributed by atoms with Crippen molar-refractivity contribution in [3.63, 3.8) is 0 Å². The first-order valence-corrected chi connectivity index (χ1v) is 16.7. The Morgan fingerprint density at radius 1 is 0.763 bits per heavy atom. The molecule has 206 valence electrons. The zero-order chi connectivity index (χ0) is 28.7. The third-order valence-corrected chi connectivity index (χ3v) is 7.65. The van der Waals surface area contributed by atoms with Crippen molar-refractivity contribution in [1.82, 2.24) is 0 Å². The Morgan fingerprint density at radius 2 is 1.13 bits per heavy atom. The van der Waals surface area contributed by atoms with E-state index < -0.39 is 7.14 Å². The van der Waals surface area contributed by atoms with E-state index >= 15 is 0 Å². The van der Waals surface area contributed by atoms with E-state index in [0.29, 0.717) is 6.29 Å². The first-order valence-electron chi connectivity index (χ1n) is 11.8. The normalized spacial score (nSPS) is 10.2. The fourth-order valence-electron chi connectivity index (χ4n) is 3.01. The predicted molar refractivity (Wildman–Crippen MR) is 171 cm³/mol. The second kappa shape index (κ2) is 17.3. The van der Waals surface area contributed by atoms with E-state index in [0.717, 1.165) is 31.7 Å². The molecule has 10 heteroatoms. The zero-order valence-electron chi connectivity index (χ0n) is 23.0. The summed E-state index contributed by atoms with van der Waals surface area (Å²) < 4.78 is 11.7. The molecule has 38 heavy (non-hydrogen) atoms. The van der Waals surface area contributed by atoms with Gasteiger partial charge >= 0.3 is 0 Å². The summed E-state index contributed by atoms with van der Waals surface area (Å²) in [5.41, 5.74) is 3.19. The van der Waals surface area contributed by atoms with Gasteiger partial charge in [0.05, 0.1) is 6.29 Å². The van der Waals surface area contributed by atoms with Crippen LogP contribution in [0.4, 0.5) is 17.1 Å². The lowest BCUT2D eigenvalue weighted by atomic mass is 10.3. The van der Waals surface area contributed by atoms with Gasteiger partial charge in [-0.25, -0.2) is 0 Å². The van der Waals surface area contributed by atoms with E-state index in [2.05, 4.69) is 23.3 Å². The minimum atomic E-state index is -2.06. The number of nitrogens with zero attached hydrogens (tertiary/aromatic N) is 1. The molecular formula is C28H38N3O3PS3. The summed E-state index contributed by atoms with van der Waals surface area (Å²) in [7, 11) is 3.63. The molecule has 6 nitrogen and oxygen atoms in total. The van der Waals surface area contributed by atoms with Crippen molar-refractivity contribution in [2.24, 2.45) is 0 Å². The smallest absolute Gasteiger partial charge is 0.190 e. The van der Waals surface area contributed by atoms with Gasteiger partial charge in [0.15, 0.2) is 10.2 Å². The molecule has 0 amide bonds. The molecule has 0 radical (unpaired) electrons. The summed E-state index contributed by atoms with van der Waals surface area (Å²) in [5.74, 6) is 0. The molecule has 0 fully saturated rings. The van der Waals surface area contributed by atoms with Crippen LogP contribution in [-0.4, -0.2) is 51.0 Å². The van der Waals surface area contributed by atoms with E-state index in [1.165, 1.54) is 23.5 Å².